The van der Waals surface area contributed by atoms with Gasteiger partial charge in [-0.05, 0) is 12.1 Å². The molecule has 0 fully saturated rings. The topological polar surface area (TPSA) is 86.1 Å². The molecule has 2 rings (SSSR count). The molecule has 0 aliphatic rings. The van der Waals surface area contributed by atoms with Gasteiger partial charge in [0.2, 0.25) is 5.88 Å². The third kappa shape index (κ3) is 3.34. The molecule has 2 aromatic heterocycles. The Morgan fingerprint density at radius 1 is 1.35 bits per heavy atom. The van der Waals surface area contributed by atoms with Gasteiger partial charge in [-0.2, -0.15) is 5.10 Å². The largest absolute Gasteiger partial charge is 0.481 e. The van der Waals surface area contributed by atoms with Crippen LogP contribution < -0.4 is 9.46 Å². The predicted molar refractivity (Wildman–Crippen MR) is 72.9 cm³/mol. The number of ether oxygens (including phenoxy) is 1. The number of methoxy groups -OCH3 is 1. The number of hydrogen-bond donors (Lipinski definition) is 1. The van der Waals surface area contributed by atoms with Crippen LogP contribution in [0.1, 0.15) is 5.69 Å². The lowest BCUT2D eigenvalue weighted by Crippen LogP contribution is -2.27. The van der Waals surface area contributed by atoms with E-state index in [2.05, 4.69) is 14.8 Å². The third-order valence-corrected chi connectivity index (χ3v) is 4.25. The first-order chi connectivity index (χ1) is 9.53. The Balaban J connectivity index is 1.97. The van der Waals surface area contributed by atoms with Crippen LogP contribution in [0.4, 0.5) is 0 Å². The molecule has 20 heavy (non-hydrogen) atoms. The van der Waals surface area contributed by atoms with Crippen LogP contribution in [0.5, 0.6) is 5.88 Å². The Kier molecular flexibility index (Phi) is 4.35. The normalized spacial score (nSPS) is 11.5. The van der Waals surface area contributed by atoms with Gasteiger partial charge in [-0.1, -0.05) is 6.07 Å². The monoisotopic (exact) mass is 296 g/mol. The van der Waals surface area contributed by atoms with Gasteiger partial charge in [0, 0.05) is 31.8 Å². The van der Waals surface area contributed by atoms with Crippen molar-refractivity contribution in [1.82, 2.24) is 19.5 Å². The summed E-state index contributed by atoms with van der Waals surface area (Å²) in [7, 11) is -0.422. The highest BCUT2D eigenvalue weighted by atomic mass is 32.2. The minimum atomic E-state index is -3.54. The minimum Gasteiger partial charge on any atom is -0.481 e. The van der Waals surface area contributed by atoms with Crippen molar-refractivity contribution >= 4 is 10.0 Å². The minimum absolute atomic E-state index is 0.135. The van der Waals surface area contributed by atoms with Crippen LogP contribution >= 0.6 is 0 Å². The first-order valence-corrected chi connectivity index (χ1v) is 7.49. The highest BCUT2D eigenvalue weighted by Gasteiger charge is 2.17. The number of rotatable bonds is 6. The Labute approximate surface area is 117 Å². The van der Waals surface area contributed by atoms with Gasteiger partial charge in [0.1, 0.15) is 0 Å². The van der Waals surface area contributed by atoms with Crippen LogP contribution in [0.15, 0.2) is 35.5 Å². The molecule has 0 amide bonds. The number of sulfonamides is 1. The van der Waals surface area contributed by atoms with Gasteiger partial charge in [-0.3, -0.25) is 4.68 Å². The molecular formula is C12H16N4O3S. The van der Waals surface area contributed by atoms with E-state index >= 15 is 0 Å². The Morgan fingerprint density at radius 3 is 2.80 bits per heavy atom. The van der Waals surface area contributed by atoms with Gasteiger partial charge in [-0.15, -0.1) is 0 Å². The van der Waals surface area contributed by atoms with Gasteiger partial charge in [0.15, 0.2) is 5.03 Å². The quantitative estimate of drug-likeness (QED) is 0.831. The lowest BCUT2D eigenvalue weighted by atomic mass is 10.3. The molecule has 2 aromatic rings. The molecular weight excluding hydrogens is 280 g/mol. The van der Waals surface area contributed by atoms with Gasteiger partial charge < -0.3 is 4.74 Å². The first kappa shape index (κ1) is 14.5. The Bertz CT molecular complexity index is 682. The molecule has 0 spiro atoms. The van der Waals surface area contributed by atoms with E-state index in [9.17, 15) is 8.42 Å². The fourth-order valence-corrected chi connectivity index (χ4v) is 2.88. The average molecular weight is 296 g/mol. The maximum absolute atomic E-state index is 12.0. The van der Waals surface area contributed by atoms with Crippen molar-refractivity contribution in [2.75, 3.05) is 13.7 Å². The number of nitrogens with zero attached hydrogens (tertiary/aromatic N) is 3. The molecule has 0 aromatic carbocycles. The van der Waals surface area contributed by atoms with Crippen molar-refractivity contribution in [1.29, 1.82) is 0 Å². The predicted octanol–water partition coefficient (Wildman–Crippen LogP) is 0.345. The zero-order chi connectivity index (χ0) is 14.6. The maximum Gasteiger partial charge on any atom is 0.257 e. The number of aryl methyl sites for hydroxylation is 1. The molecule has 1 N–H and O–H groups in total. The number of nitrogens with one attached hydrogen (secondary N) is 1. The van der Waals surface area contributed by atoms with Crippen LogP contribution in [0.3, 0.4) is 0 Å². The zero-order valence-electron chi connectivity index (χ0n) is 11.3. The second-order valence-electron chi connectivity index (χ2n) is 4.11. The van der Waals surface area contributed by atoms with Crippen LogP contribution in [-0.4, -0.2) is 36.8 Å². The van der Waals surface area contributed by atoms with Crippen LogP contribution in [0, 0.1) is 0 Å². The summed E-state index contributed by atoms with van der Waals surface area (Å²) in [5, 5.41) is 3.98. The molecule has 0 bridgehead atoms. The average Bonchev–Trinajstić information content (AvgIpc) is 2.86. The van der Waals surface area contributed by atoms with Crippen molar-refractivity contribution in [3.8, 4) is 5.88 Å². The van der Waals surface area contributed by atoms with Crippen molar-refractivity contribution in [3.63, 3.8) is 0 Å². The molecule has 0 saturated carbocycles. The van der Waals surface area contributed by atoms with E-state index in [0.717, 1.165) is 5.69 Å². The molecule has 2 heterocycles. The van der Waals surface area contributed by atoms with Gasteiger partial charge >= 0.3 is 0 Å². The van der Waals surface area contributed by atoms with Gasteiger partial charge in [0.25, 0.3) is 10.0 Å². The summed E-state index contributed by atoms with van der Waals surface area (Å²) in [6, 6.07) is 6.83. The smallest absolute Gasteiger partial charge is 0.257 e. The molecule has 0 radical (unpaired) electrons. The summed E-state index contributed by atoms with van der Waals surface area (Å²) < 4.78 is 32.9. The second kappa shape index (κ2) is 6.02. The number of aromatic nitrogens is 3. The third-order valence-electron chi connectivity index (χ3n) is 2.71. The fraction of sp³-hybridized carbons (Fsp3) is 0.333. The summed E-state index contributed by atoms with van der Waals surface area (Å²) in [5.74, 6) is 0.511. The Morgan fingerprint density at radius 2 is 2.15 bits per heavy atom. The van der Waals surface area contributed by atoms with Crippen molar-refractivity contribution in [2.45, 2.75) is 11.4 Å². The van der Waals surface area contributed by atoms with Crippen molar-refractivity contribution < 1.29 is 13.2 Å². The maximum atomic E-state index is 12.0. The van der Waals surface area contributed by atoms with Gasteiger partial charge in [0.05, 0.1) is 13.3 Å². The lowest BCUT2D eigenvalue weighted by molar-refractivity contribution is 0.396. The summed E-state index contributed by atoms with van der Waals surface area (Å²) in [4.78, 5) is 4.22. The van der Waals surface area contributed by atoms with E-state index in [0.29, 0.717) is 12.3 Å². The van der Waals surface area contributed by atoms with E-state index in [-0.39, 0.29) is 11.6 Å². The van der Waals surface area contributed by atoms with E-state index in [1.807, 2.05) is 12.1 Å². The molecule has 0 aliphatic carbocycles. The summed E-state index contributed by atoms with van der Waals surface area (Å²) in [5.41, 5.74) is 0.761. The SMILES string of the molecule is COc1cccc(CCNS(=O)(=O)c2ccnn2C)n1. The van der Waals surface area contributed by atoms with E-state index in [1.54, 1.807) is 13.1 Å². The number of pyridine rings is 1. The standard InChI is InChI=1S/C12H16N4O3S/c1-16-12(7-8-13-16)20(17,18)14-9-6-10-4-3-5-11(15-10)19-2/h3-5,7-8,14H,6,9H2,1-2H3. The van der Waals surface area contributed by atoms with E-state index in [4.69, 9.17) is 4.74 Å². The van der Waals surface area contributed by atoms with Crippen molar-refractivity contribution in [3.05, 3.63) is 36.2 Å². The first-order valence-electron chi connectivity index (χ1n) is 6.00. The van der Waals surface area contributed by atoms with Crippen LogP contribution in [-0.2, 0) is 23.5 Å². The summed E-state index contributed by atoms with van der Waals surface area (Å²) >= 11 is 0. The molecule has 0 aliphatic heterocycles. The van der Waals surface area contributed by atoms with Crippen LogP contribution in [0.25, 0.3) is 0 Å². The van der Waals surface area contributed by atoms with Crippen molar-refractivity contribution in [2.24, 2.45) is 7.05 Å². The van der Waals surface area contributed by atoms with E-state index in [1.165, 1.54) is 24.1 Å². The lowest BCUT2D eigenvalue weighted by Gasteiger charge is -2.07. The Hall–Kier alpha value is -1.93. The second-order valence-corrected chi connectivity index (χ2v) is 5.83. The fourth-order valence-electron chi connectivity index (χ4n) is 1.72. The molecule has 0 unspecified atom stereocenters. The zero-order valence-corrected chi connectivity index (χ0v) is 12.1. The van der Waals surface area contributed by atoms with E-state index < -0.39 is 10.0 Å². The van der Waals surface area contributed by atoms with Gasteiger partial charge in [-0.25, -0.2) is 18.1 Å². The number of hydrogen-bond acceptors (Lipinski definition) is 5. The molecule has 7 nitrogen and oxygen atoms in total. The summed E-state index contributed by atoms with van der Waals surface area (Å²) in [6.07, 6.45) is 1.92. The molecule has 0 atom stereocenters. The highest BCUT2D eigenvalue weighted by molar-refractivity contribution is 7.89. The summed E-state index contributed by atoms with van der Waals surface area (Å²) in [6.45, 7) is 0.258. The van der Waals surface area contributed by atoms with Crippen LogP contribution in [0.2, 0.25) is 0 Å². The molecule has 8 heteroatoms. The highest BCUT2D eigenvalue weighted by Crippen LogP contribution is 2.08. The molecule has 108 valence electrons. The molecule has 0 saturated heterocycles.